The molecule has 0 saturated carbocycles. The van der Waals surface area contributed by atoms with Crippen LogP contribution in [0.1, 0.15) is 40.5 Å². The van der Waals surface area contributed by atoms with Gasteiger partial charge in [0.25, 0.3) is 0 Å². The minimum Gasteiger partial charge on any atom is -0.370 e. The molecule has 0 amide bonds. The zero-order chi connectivity index (χ0) is 15.2. The van der Waals surface area contributed by atoms with Crippen LogP contribution in [-0.2, 0) is 10.0 Å². The lowest BCUT2D eigenvalue weighted by atomic mass is 10.0. The number of rotatable bonds is 8. The van der Waals surface area contributed by atoms with Crippen molar-refractivity contribution in [3.63, 3.8) is 0 Å². The highest BCUT2D eigenvalue weighted by Gasteiger charge is 2.21. The van der Waals surface area contributed by atoms with E-state index in [0.29, 0.717) is 5.82 Å². The van der Waals surface area contributed by atoms with Crippen LogP contribution in [-0.4, -0.2) is 26.0 Å². The highest BCUT2D eigenvalue weighted by atomic mass is 32.2. The van der Waals surface area contributed by atoms with Gasteiger partial charge in [-0.1, -0.05) is 27.7 Å². The molecule has 0 aromatic carbocycles. The van der Waals surface area contributed by atoms with Crippen molar-refractivity contribution < 1.29 is 8.42 Å². The molecule has 1 heterocycles. The normalized spacial score (nSPS) is 13.4. The third-order valence-corrected chi connectivity index (χ3v) is 4.64. The standard InChI is InChI=1S/C14H25N3O2S/c1-5-8-15-14-10-12(7-9-16-14)20(18,19)17-13(6-2)11(3)4/h7,9-11,13,17H,5-6,8H2,1-4H3,(H,15,16). The number of anilines is 1. The van der Waals surface area contributed by atoms with Gasteiger partial charge in [0.1, 0.15) is 5.82 Å². The number of nitrogens with zero attached hydrogens (tertiary/aromatic N) is 1. The summed E-state index contributed by atoms with van der Waals surface area (Å²) in [4.78, 5) is 4.38. The fourth-order valence-electron chi connectivity index (χ4n) is 1.89. The zero-order valence-electron chi connectivity index (χ0n) is 12.7. The minimum absolute atomic E-state index is 0.0554. The Morgan fingerprint density at radius 2 is 2.00 bits per heavy atom. The molecule has 0 fully saturated rings. The molecule has 0 aliphatic heterocycles. The van der Waals surface area contributed by atoms with Gasteiger partial charge in [0.05, 0.1) is 4.90 Å². The summed E-state index contributed by atoms with van der Waals surface area (Å²) in [5.74, 6) is 0.849. The number of sulfonamides is 1. The summed E-state index contributed by atoms with van der Waals surface area (Å²) in [6, 6.07) is 3.04. The second-order valence-electron chi connectivity index (χ2n) is 5.18. The molecule has 0 bridgehead atoms. The van der Waals surface area contributed by atoms with E-state index in [0.717, 1.165) is 19.4 Å². The van der Waals surface area contributed by atoms with E-state index in [1.165, 1.54) is 12.3 Å². The van der Waals surface area contributed by atoms with Crippen molar-refractivity contribution in [2.75, 3.05) is 11.9 Å². The highest BCUT2D eigenvalue weighted by Crippen LogP contribution is 2.15. The van der Waals surface area contributed by atoms with Crippen LogP contribution in [0.2, 0.25) is 0 Å². The van der Waals surface area contributed by atoms with Gasteiger partial charge >= 0.3 is 0 Å². The van der Waals surface area contributed by atoms with Gasteiger partial charge in [-0.2, -0.15) is 0 Å². The monoisotopic (exact) mass is 299 g/mol. The predicted molar refractivity (Wildman–Crippen MR) is 82.3 cm³/mol. The van der Waals surface area contributed by atoms with E-state index < -0.39 is 10.0 Å². The Balaban J connectivity index is 2.91. The molecule has 0 spiro atoms. The smallest absolute Gasteiger partial charge is 0.241 e. The third kappa shape index (κ3) is 4.76. The first-order valence-electron chi connectivity index (χ1n) is 7.13. The molecule has 6 heteroatoms. The van der Waals surface area contributed by atoms with Crippen LogP contribution < -0.4 is 10.0 Å². The van der Waals surface area contributed by atoms with Gasteiger partial charge in [0.15, 0.2) is 0 Å². The van der Waals surface area contributed by atoms with Crippen LogP contribution in [0.3, 0.4) is 0 Å². The maximum Gasteiger partial charge on any atom is 0.241 e. The Bertz CT molecular complexity index is 515. The van der Waals surface area contributed by atoms with E-state index in [1.54, 1.807) is 6.07 Å². The summed E-state index contributed by atoms with van der Waals surface area (Å²) >= 11 is 0. The minimum atomic E-state index is -3.49. The molecule has 0 radical (unpaired) electrons. The lowest BCUT2D eigenvalue weighted by Crippen LogP contribution is -2.38. The maximum atomic E-state index is 12.4. The van der Waals surface area contributed by atoms with Crippen molar-refractivity contribution in [2.45, 2.75) is 51.5 Å². The Morgan fingerprint density at radius 1 is 1.30 bits per heavy atom. The third-order valence-electron chi connectivity index (χ3n) is 3.15. The van der Waals surface area contributed by atoms with Crippen LogP contribution in [0.15, 0.2) is 23.2 Å². The van der Waals surface area contributed by atoms with Crippen molar-refractivity contribution in [1.82, 2.24) is 9.71 Å². The summed E-state index contributed by atoms with van der Waals surface area (Å²) in [5.41, 5.74) is 0. The van der Waals surface area contributed by atoms with E-state index in [1.807, 2.05) is 27.7 Å². The first-order chi connectivity index (χ1) is 9.40. The van der Waals surface area contributed by atoms with Crippen LogP contribution in [0, 0.1) is 5.92 Å². The van der Waals surface area contributed by atoms with E-state index >= 15 is 0 Å². The molecule has 114 valence electrons. The average molecular weight is 299 g/mol. The van der Waals surface area contributed by atoms with Gasteiger partial charge in [-0.05, 0) is 24.8 Å². The van der Waals surface area contributed by atoms with Crippen molar-refractivity contribution in [3.8, 4) is 0 Å². The topological polar surface area (TPSA) is 71.1 Å². The van der Waals surface area contributed by atoms with Crippen LogP contribution in [0.5, 0.6) is 0 Å². The summed E-state index contributed by atoms with van der Waals surface area (Å²) in [6.07, 6.45) is 3.24. The van der Waals surface area contributed by atoms with E-state index in [2.05, 4.69) is 15.0 Å². The van der Waals surface area contributed by atoms with Gasteiger partial charge in [0.2, 0.25) is 10.0 Å². The second kappa shape index (κ2) is 7.59. The lowest BCUT2D eigenvalue weighted by molar-refractivity contribution is 0.437. The molecule has 2 N–H and O–H groups in total. The second-order valence-corrected chi connectivity index (χ2v) is 6.90. The van der Waals surface area contributed by atoms with Gasteiger partial charge in [-0.3, -0.25) is 0 Å². The van der Waals surface area contributed by atoms with Gasteiger partial charge in [0, 0.05) is 24.8 Å². The number of nitrogens with one attached hydrogen (secondary N) is 2. The molecule has 0 saturated heterocycles. The summed E-state index contributed by atoms with van der Waals surface area (Å²) in [5, 5.41) is 3.09. The number of hydrogen-bond acceptors (Lipinski definition) is 4. The molecule has 1 rings (SSSR count). The van der Waals surface area contributed by atoms with Gasteiger partial charge < -0.3 is 5.32 Å². The van der Waals surface area contributed by atoms with Crippen molar-refractivity contribution >= 4 is 15.8 Å². The number of pyridine rings is 1. The van der Waals surface area contributed by atoms with E-state index in [9.17, 15) is 8.42 Å². The summed E-state index contributed by atoms with van der Waals surface area (Å²) in [6.45, 7) is 8.82. The quantitative estimate of drug-likeness (QED) is 0.774. The number of aromatic nitrogens is 1. The fraction of sp³-hybridized carbons (Fsp3) is 0.643. The zero-order valence-corrected chi connectivity index (χ0v) is 13.5. The molecule has 0 aliphatic carbocycles. The lowest BCUT2D eigenvalue weighted by Gasteiger charge is -2.20. The molecule has 5 nitrogen and oxygen atoms in total. The van der Waals surface area contributed by atoms with E-state index in [-0.39, 0.29) is 16.9 Å². The Morgan fingerprint density at radius 3 is 2.55 bits per heavy atom. The molecule has 1 atom stereocenters. The molecule has 1 aromatic heterocycles. The molecule has 20 heavy (non-hydrogen) atoms. The highest BCUT2D eigenvalue weighted by molar-refractivity contribution is 7.89. The van der Waals surface area contributed by atoms with Gasteiger partial charge in [-0.15, -0.1) is 0 Å². The van der Waals surface area contributed by atoms with Crippen molar-refractivity contribution in [1.29, 1.82) is 0 Å². The molecular weight excluding hydrogens is 274 g/mol. The van der Waals surface area contributed by atoms with Crippen LogP contribution in [0.4, 0.5) is 5.82 Å². The molecule has 1 unspecified atom stereocenters. The van der Waals surface area contributed by atoms with Gasteiger partial charge in [-0.25, -0.2) is 18.1 Å². The maximum absolute atomic E-state index is 12.4. The largest absolute Gasteiger partial charge is 0.370 e. The number of hydrogen-bond donors (Lipinski definition) is 2. The molecule has 0 aliphatic rings. The predicted octanol–water partition coefficient (Wildman–Crippen LogP) is 2.62. The Labute approximate surface area is 122 Å². The van der Waals surface area contributed by atoms with E-state index in [4.69, 9.17) is 0 Å². The Kier molecular flexibility index (Phi) is 6.42. The first kappa shape index (κ1) is 16.9. The molecular formula is C14H25N3O2S. The van der Waals surface area contributed by atoms with Crippen LogP contribution >= 0.6 is 0 Å². The summed E-state index contributed by atoms with van der Waals surface area (Å²) in [7, 11) is -3.49. The molecule has 1 aromatic rings. The van der Waals surface area contributed by atoms with Crippen molar-refractivity contribution in [3.05, 3.63) is 18.3 Å². The first-order valence-corrected chi connectivity index (χ1v) is 8.61. The average Bonchev–Trinajstić information content (AvgIpc) is 2.42. The van der Waals surface area contributed by atoms with Crippen molar-refractivity contribution in [2.24, 2.45) is 5.92 Å². The van der Waals surface area contributed by atoms with Crippen LogP contribution in [0.25, 0.3) is 0 Å². The summed E-state index contributed by atoms with van der Waals surface area (Å²) < 4.78 is 27.5. The SMILES string of the molecule is CCCNc1cc(S(=O)(=O)NC(CC)C(C)C)ccn1. The fourth-order valence-corrected chi connectivity index (χ4v) is 3.37. The Hall–Kier alpha value is -1.14.